The normalized spacial score (nSPS) is 27.2. The standard InChI is InChI=1S/C18H35N3O/c1-5-21(18(2,3)4)14-15-6-8-16(9-7-15)17(22)20-12-10-19-11-13-20/h15-16,19H,5-14H2,1-4H3. The molecule has 1 saturated heterocycles. The Hall–Kier alpha value is -0.610. The minimum absolute atomic E-state index is 0.252. The summed E-state index contributed by atoms with van der Waals surface area (Å²) in [4.78, 5) is 17.2. The van der Waals surface area contributed by atoms with E-state index in [1.165, 1.54) is 19.4 Å². The number of carbonyl (C=O) groups is 1. The molecule has 128 valence electrons. The van der Waals surface area contributed by atoms with Gasteiger partial charge in [0.15, 0.2) is 0 Å². The highest BCUT2D eigenvalue weighted by Gasteiger charge is 2.31. The van der Waals surface area contributed by atoms with Crippen LogP contribution in [0.3, 0.4) is 0 Å². The van der Waals surface area contributed by atoms with Gasteiger partial charge in [0, 0.05) is 44.2 Å². The molecule has 0 unspecified atom stereocenters. The van der Waals surface area contributed by atoms with Crippen molar-refractivity contribution in [2.45, 2.75) is 58.9 Å². The third-order valence-corrected chi connectivity index (χ3v) is 5.43. The first-order valence-electron chi connectivity index (χ1n) is 9.16. The Morgan fingerprint density at radius 3 is 2.23 bits per heavy atom. The van der Waals surface area contributed by atoms with Crippen LogP contribution in [0.5, 0.6) is 0 Å². The lowest BCUT2D eigenvalue weighted by Crippen LogP contribution is -2.49. The van der Waals surface area contributed by atoms with Crippen molar-refractivity contribution in [3.05, 3.63) is 0 Å². The lowest BCUT2D eigenvalue weighted by Gasteiger charge is -2.40. The monoisotopic (exact) mass is 309 g/mol. The molecular formula is C18H35N3O. The first-order valence-corrected chi connectivity index (χ1v) is 9.16. The van der Waals surface area contributed by atoms with E-state index in [1.807, 2.05) is 0 Å². The molecule has 1 saturated carbocycles. The van der Waals surface area contributed by atoms with Crippen molar-refractivity contribution in [3.63, 3.8) is 0 Å². The number of nitrogens with zero attached hydrogens (tertiary/aromatic N) is 2. The summed E-state index contributed by atoms with van der Waals surface area (Å²) in [5.41, 5.74) is 0.252. The van der Waals surface area contributed by atoms with Crippen molar-refractivity contribution in [2.24, 2.45) is 11.8 Å². The lowest BCUT2D eigenvalue weighted by molar-refractivity contribution is -0.137. The number of nitrogens with one attached hydrogen (secondary N) is 1. The Bertz CT molecular complexity index is 350. The van der Waals surface area contributed by atoms with Crippen molar-refractivity contribution < 1.29 is 4.79 Å². The Labute approximate surface area is 136 Å². The van der Waals surface area contributed by atoms with Crippen LogP contribution < -0.4 is 5.32 Å². The SMILES string of the molecule is CCN(CC1CCC(C(=O)N2CCNCC2)CC1)C(C)(C)C. The molecule has 2 fully saturated rings. The molecule has 0 aromatic heterocycles. The van der Waals surface area contributed by atoms with Crippen LogP contribution in [0.2, 0.25) is 0 Å². The summed E-state index contributed by atoms with van der Waals surface area (Å²) in [5, 5.41) is 3.32. The third-order valence-electron chi connectivity index (χ3n) is 5.43. The molecule has 2 rings (SSSR count). The molecule has 0 atom stereocenters. The minimum Gasteiger partial charge on any atom is -0.340 e. The predicted molar refractivity (Wildman–Crippen MR) is 91.9 cm³/mol. The zero-order valence-corrected chi connectivity index (χ0v) is 15.0. The number of piperazine rings is 1. The third kappa shape index (κ3) is 4.69. The second-order valence-electron chi connectivity index (χ2n) is 8.00. The maximum Gasteiger partial charge on any atom is 0.225 e. The number of hydrogen-bond acceptors (Lipinski definition) is 3. The highest BCUT2D eigenvalue weighted by molar-refractivity contribution is 5.79. The molecule has 1 heterocycles. The molecule has 0 aromatic carbocycles. The summed E-state index contributed by atoms with van der Waals surface area (Å²) in [6, 6.07) is 0. The Balaban J connectivity index is 1.78. The highest BCUT2D eigenvalue weighted by Crippen LogP contribution is 2.31. The zero-order valence-electron chi connectivity index (χ0n) is 15.0. The number of rotatable bonds is 4. The summed E-state index contributed by atoms with van der Waals surface area (Å²) < 4.78 is 0. The van der Waals surface area contributed by atoms with Gasteiger partial charge in [-0.05, 0) is 58.9 Å². The van der Waals surface area contributed by atoms with Gasteiger partial charge >= 0.3 is 0 Å². The average molecular weight is 309 g/mol. The average Bonchev–Trinajstić information content (AvgIpc) is 2.52. The molecular weight excluding hydrogens is 274 g/mol. The molecule has 1 aliphatic heterocycles. The van der Waals surface area contributed by atoms with E-state index < -0.39 is 0 Å². The van der Waals surface area contributed by atoms with Crippen LogP contribution >= 0.6 is 0 Å². The van der Waals surface area contributed by atoms with E-state index in [0.717, 1.165) is 51.5 Å². The van der Waals surface area contributed by atoms with Crippen molar-refractivity contribution in [1.82, 2.24) is 15.1 Å². The fourth-order valence-corrected chi connectivity index (χ4v) is 3.92. The van der Waals surface area contributed by atoms with Crippen molar-refractivity contribution in [2.75, 3.05) is 39.3 Å². The molecule has 1 amide bonds. The van der Waals surface area contributed by atoms with Gasteiger partial charge in [-0.1, -0.05) is 6.92 Å². The predicted octanol–water partition coefficient (Wildman–Crippen LogP) is 2.34. The minimum atomic E-state index is 0.252. The summed E-state index contributed by atoms with van der Waals surface area (Å²) in [6.45, 7) is 15.2. The van der Waals surface area contributed by atoms with E-state index >= 15 is 0 Å². The van der Waals surface area contributed by atoms with Crippen LogP contribution in [-0.4, -0.2) is 60.5 Å². The van der Waals surface area contributed by atoms with Crippen LogP contribution in [0.1, 0.15) is 53.4 Å². The molecule has 0 spiro atoms. The summed E-state index contributed by atoms with van der Waals surface area (Å²) in [7, 11) is 0. The number of carbonyl (C=O) groups excluding carboxylic acids is 1. The molecule has 0 aromatic rings. The van der Waals surface area contributed by atoms with Crippen LogP contribution in [-0.2, 0) is 4.79 Å². The van der Waals surface area contributed by atoms with Gasteiger partial charge in [0.25, 0.3) is 0 Å². The molecule has 1 aliphatic carbocycles. The summed E-state index contributed by atoms with van der Waals surface area (Å²) in [6.07, 6.45) is 4.62. The Morgan fingerprint density at radius 2 is 1.73 bits per heavy atom. The van der Waals surface area contributed by atoms with Crippen molar-refractivity contribution in [1.29, 1.82) is 0 Å². The topological polar surface area (TPSA) is 35.6 Å². The quantitative estimate of drug-likeness (QED) is 0.866. The smallest absolute Gasteiger partial charge is 0.225 e. The van der Waals surface area contributed by atoms with Gasteiger partial charge in [-0.25, -0.2) is 0 Å². The van der Waals surface area contributed by atoms with E-state index in [2.05, 4.69) is 42.8 Å². The van der Waals surface area contributed by atoms with Gasteiger partial charge in [-0.3, -0.25) is 9.69 Å². The highest BCUT2D eigenvalue weighted by atomic mass is 16.2. The largest absolute Gasteiger partial charge is 0.340 e. The van der Waals surface area contributed by atoms with Gasteiger partial charge in [0.1, 0.15) is 0 Å². The lowest BCUT2D eigenvalue weighted by atomic mass is 9.80. The van der Waals surface area contributed by atoms with Crippen molar-refractivity contribution in [3.8, 4) is 0 Å². The Morgan fingerprint density at radius 1 is 1.14 bits per heavy atom. The van der Waals surface area contributed by atoms with Gasteiger partial charge in [0.2, 0.25) is 5.91 Å². The molecule has 0 radical (unpaired) electrons. The van der Waals surface area contributed by atoms with Crippen LogP contribution in [0.25, 0.3) is 0 Å². The van der Waals surface area contributed by atoms with Gasteiger partial charge in [0.05, 0.1) is 0 Å². The number of hydrogen-bond donors (Lipinski definition) is 1. The molecule has 0 bridgehead atoms. The van der Waals surface area contributed by atoms with Gasteiger partial charge < -0.3 is 10.2 Å². The summed E-state index contributed by atoms with van der Waals surface area (Å²) in [5.74, 6) is 1.48. The number of amides is 1. The fourth-order valence-electron chi connectivity index (χ4n) is 3.92. The van der Waals surface area contributed by atoms with E-state index in [-0.39, 0.29) is 5.54 Å². The van der Waals surface area contributed by atoms with E-state index in [1.54, 1.807) is 0 Å². The molecule has 1 N–H and O–H groups in total. The van der Waals surface area contributed by atoms with Crippen LogP contribution in [0.4, 0.5) is 0 Å². The molecule has 2 aliphatic rings. The van der Waals surface area contributed by atoms with Gasteiger partial charge in [-0.15, -0.1) is 0 Å². The van der Waals surface area contributed by atoms with Gasteiger partial charge in [-0.2, -0.15) is 0 Å². The first-order chi connectivity index (χ1) is 10.4. The Kier molecular flexibility index (Phi) is 6.27. The second-order valence-corrected chi connectivity index (χ2v) is 8.00. The second kappa shape index (κ2) is 7.78. The van der Waals surface area contributed by atoms with E-state index in [9.17, 15) is 4.79 Å². The zero-order chi connectivity index (χ0) is 16.2. The van der Waals surface area contributed by atoms with Crippen LogP contribution in [0.15, 0.2) is 0 Å². The molecule has 22 heavy (non-hydrogen) atoms. The summed E-state index contributed by atoms with van der Waals surface area (Å²) >= 11 is 0. The van der Waals surface area contributed by atoms with E-state index in [0.29, 0.717) is 11.8 Å². The van der Waals surface area contributed by atoms with Crippen LogP contribution in [0, 0.1) is 11.8 Å². The maximum atomic E-state index is 12.6. The molecule has 4 nitrogen and oxygen atoms in total. The maximum absolute atomic E-state index is 12.6. The molecule has 4 heteroatoms. The van der Waals surface area contributed by atoms with Crippen molar-refractivity contribution >= 4 is 5.91 Å². The van der Waals surface area contributed by atoms with E-state index in [4.69, 9.17) is 0 Å². The fraction of sp³-hybridized carbons (Fsp3) is 0.944. The first kappa shape index (κ1) is 17.7.